The van der Waals surface area contributed by atoms with Gasteiger partial charge >= 0.3 is 0 Å². The van der Waals surface area contributed by atoms with Crippen LogP contribution in [-0.2, 0) is 6.54 Å². The maximum absolute atomic E-state index is 12.8. The first-order chi connectivity index (χ1) is 13.0. The Morgan fingerprint density at radius 3 is 2.78 bits per heavy atom. The van der Waals surface area contributed by atoms with Crippen LogP contribution in [0.3, 0.4) is 0 Å². The number of Topliss-reactive ketones (excluding diaryl/α,β-unsaturated/α-hetero) is 1. The number of hydrogen-bond acceptors (Lipinski definition) is 4. The van der Waals surface area contributed by atoms with Crippen molar-refractivity contribution in [3.8, 4) is 11.5 Å². The van der Waals surface area contributed by atoms with Gasteiger partial charge in [-0.1, -0.05) is 39.9 Å². The standard InChI is InChI=1S/C21H21BrN2O3/c1-23-7-9-24(10-8-23)13-17-18(25)6-5-16-20(26)19(27-21(16)17)12-14-3-2-4-15(22)11-14/h2-6,11-12,25H,7-10,13H2,1H3/b19-12-. The van der Waals surface area contributed by atoms with Gasteiger partial charge in [-0.15, -0.1) is 0 Å². The summed E-state index contributed by atoms with van der Waals surface area (Å²) in [6.45, 7) is 4.56. The smallest absolute Gasteiger partial charge is 0.231 e. The summed E-state index contributed by atoms with van der Waals surface area (Å²) < 4.78 is 6.84. The van der Waals surface area contributed by atoms with Gasteiger partial charge in [0, 0.05) is 23.1 Å². The SMILES string of the molecule is CN1CC[NH+](Cc2c([O-])ccc3c2O/C(=C\c2cccc(Br)c2)C3=O)CC1. The maximum atomic E-state index is 12.8. The highest BCUT2D eigenvalue weighted by Gasteiger charge is 2.31. The third kappa shape index (κ3) is 3.78. The van der Waals surface area contributed by atoms with Crippen LogP contribution in [0.15, 0.2) is 46.6 Å². The molecular weight excluding hydrogens is 408 g/mol. The molecule has 2 heterocycles. The Morgan fingerprint density at radius 2 is 2.04 bits per heavy atom. The van der Waals surface area contributed by atoms with Crippen molar-refractivity contribution in [2.75, 3.05) is 33.2 Å². The summed E-state index contributed by atoms with van der Waals surface area (Å²) in [5, 5.41) is 12.5. The monoisotopic (exact) mass is 428 g/mol. The first-order valence-corrected chi connectivity index (χ1v) is 9.85. The Balaban J connectivity index is 1.63. The molecule has 0 unspecified atom stereocenters. The second kappa shape index (κ2) is 7.46. The first kappa shape index (κ1) is 18.2. The number of hydrogen-bond donors (Lipinski definition) is 1. The van der Waals surface area contributed by atoms with Gasteiger partial charge in [0.05, 0.1) is 18.7 Å². The summed E-state index contributed by atoms with van der Waals surface area (Å²) in [5.74, 6) is 0.486. The van der Waals surface area contributed by atoms with Crippen molar-refractivity contribution >= 4 is 27.8 Å². The number of ketones is 1. The van der Waals surface area contributed by atoms with Crippen LogP contribution < -0.4 is 14.7 Å². The van der Waals surface area contributed by atoms with E-state index in [1.54, 1.807) is 12.1 Å². The van der Waals surface area contributed by atoms with E-state index in [0.717, 1.165) is 36.2 Å². The summed E-state index contributed by atoms with van der Waals surface area (Å²) >= 11 is 3.43. The number of piperazine rings is 1. The van der Waals surface area contributed by atoms with E-state index in [0.29, 0.717) is 23.4 Å². The zero-order chi connectivity index (χ0) is 19.0. The Kier molecular flexibility index (Phi) is 5.04. The quantitative estimate of drug-likeness (QED) is 0.752. The van der Waals surface area contributed by atoms with E-state index in [9.17, 15) is 9.90 Å². The van der Waals surface area contributed by atoms with E-state index >= 15 is 0 Å². The number of likely N-dealkylation sites (N-methyl/N-ethyl adjacent to an activating group) is 1. The van der Waals surface area contributed by atoms with Crippen molar-refractivity contribution < 1.29 is 19.5 Å². The summed E-state index contributed by atoms with van der Waals surface area (Å²) in [7, 11) is 2.11. The van der Waals surface area contributed by atoms with Crippen LogP contribution in [-0.4, -0.2) is 43.9 Å². The molecule has 0 amide bonds. The normalized spacial score (nSPS) is 19.3. The fourth-order valence-electron chi connectivity index (χ4n) is 3.57. The van der Waals surface area contributed by atoms with Gasteiger partial charge < -0.3 is 14.7 Å². The zero-order valence-corrected chi connectivity index (χ0v) is 16.7. The minimum Gasteiger partial charge on any atom is -0.872 e. The van der Waals surface area contributed by atoms with Crippen molar-refractivity contribution in [2.24, 2.45) is 0 Å². The molecule has 0 radical (unpaired) electrons. The van der Waals surface area contributed by atoms with Gasteiger partial charge in [-0.3, -0.25) is 9.69 Å². The molecule has 0 aliphatic carbocycles. The molecule has 2 aromatic carbocycles. The van der Waals surface area contributed by atoms with Crippen molar-refractivity contribution in [2.45, 2.75) is 6.54 Å². The molecule has 1 N–H and O–H groups in total. The maximum Gasteiger partial charge on any atom is 0.231 e. The van der Waals surface area contributed by atoms with Crippen LogP contribution in [0.2, 0.25) is 0 Å². The molecule has 0 aromatic heterocycles. The fraction of sp³-hybridized carbons (Fsp3) is 0.286. The number of fused-ring (bicyclic) bond motifs is 1. The van der Waals surface area contributed by atoms with Gasteiger partial charge in [-0.2, -0.15) is 0 Å². The number of nitrogens with zero attached hydrogens (tertiary/aromatic N) is 1. The van der Waals surface area contributed by atoms with Crippen LogP contribution in [0.4, 0.5) is 0 Å². The van der Waals surface area contributed by atoms with Gasteiger partial charge in [0.2, 0.25) is 5.78 Å². The number of carbonyl (C=O) groups is 1. The van der Waals surface area contributed by atoms with E-state index < -0.39 is 0 Å². The Hall–Kier alpha value is -2.15. The highest BCUT2D eigenvalue weighted by Crippen LogP contribution is 2.38. The second-order valence-electron chi connectivity index (χ2n) is 7.14. The van der Waals surface area contributed by atoms with E-state index in [1.807, 2.05) is 24.3 Å². The second-order valence-corrected chi connectivity index (χ2v) is 8.06. The zero-order valence-electron chi connectivity index (χ0n) is 15.1. The number of carbonyl (C=O) groups excluding carboxylic acids is 1. The highest BCUT2D eigenvalue weighted by molar-refractivity contribution is 9.10. The molecule has 140 valence electrons. The highest BCUT2D eigenvalue weighted by atomic mass is 79.9. The summed E-state index contributed by atoms with van der Waals surface area (Å²) in [4.78, 5) is 16.4. The van der Waals surface area contributed by atoms with Gasteiger partial charge in [-0.05, 0) is 36.9 Å². The lowest BCUT2D eigenvalue weighted by atomic mass is 10.0. The van der Waals surface area contributed by atoms with E-state index in [2.05, 4.69) is 27.9 Å². The van der Waals surface area contributed by atoms with Gasteiger partial charge in [-0.25, -0.2) is 0 Å². The molecule has 0 bridgehead atoms. The van der Waals surface area contributed by atoms with E-state index in [-0.39, 0.29) is 17.3 Å². The van der Waals surface area contributed by atoms with Gasteiger partial charge in [0.15, 0.2) is 5.76 Å². The number of nitrogens with one attached hydrogen (secondary N) is 1. The van der Waals surface area contributed by atoms with Crippen molar-refractivity contribution in [3.05, 3.63) is 63.3 Å². The first-order valence-electron chi connectivity index (χ1n) is 9.06. The summed E-state index contributed by atoms with van der Waals surface area (Å²) in [5.41, 5.74) is 1.96. The predicted octanol–water partition coefficient (Wildman–Crippen LogP) is 1.47. The number of rotatable bonds is 3. The third-order valence-electron chi connectivity index (χ3n) is 5.17. The average molecular weight is 429 g/mol. The minimum atomic E-state index is -0.167. The van der Waals surface area contributed by atoms with Crippen LogP contribution in [0.5, 0.6) is 11.5 Å². The van der Waals surface area contributed by atoms with Crippen molar-refractivity contribution in [1.29, 1.82) is 0 Å². The lowest BCUT2D eigenvalue weighted by Gasteiger charge is -2.30. The molecule has 2 aromatic rings. The number of ether oxygens (including phenoxy) is 1. The molecule has 1 saturated heterocycles. The third-order valence-corrected chi connectivity index (χ3v) is 5.66. The van der Waals surface area contributed by atoms with Gasteiger partial charge in [0.1, 0.15) is 12.3 Å². The number of quaternary nitrogens is 1. The van der Waals surface area contributed by atoms with E-state index in [4.69, 9.17) is 4.74 Å². The summed E-state index contributed by atoms with van der Waals surface area (Å²) in [6, 6.07) is 10.7. The number of benzene rings is 2. The van der Waals surface area contributed by atoms with Gasteiger partial charge in [0.25, 0.3) is 0 Å². The predicted molar refractivity (Wildman–Crippen MR) is 105 cm³/mol. The molecule has 0 spiro atoms. The van der Waals surface area contributed by atoms with Crippen molar-refractivity contribution in [1.82, 2.24) is 4.90 Å². The van der Waals surface area contributed by atoms with Crippen LogP contribution in [0.1, 0.15) is 21.5 Å². The number of allylic oxidation sites excluding steroid dienone is 1. The Bertz CT molecular complexity index is 918. The molecule has 5 nitrogen and oxygen atoms in total. The average Bonchev–Trinajstić information content (AvgIpc) is 2.95. The molecule has 4 rings (SSSR count). The Morgan fingerprint density at radius 1 is 1.26 bits per heavy atom. The molecule has 0 saturated carbocycles. The Labute approximate surface area is 167 Å². The summed E-state index contributed by atoms with van der Waals surface area (Å²) in [6.07, 6.45) is 1.73. The van der Waals surface area contributed by atoms with Crippen LogP contribution in [0, 0.1) is 0 Å². The lowest BCUT2D eigenvalue weighted by molar-refractivity contribution is -0.918. The molecule has 0 atom stereocenters. The topological polar surface area (TPSA) is 57.0 Å². The molecule has 2 aliphatic rings. The number of halogens is 1. The van der Waals surface area contributed by atoms with Crippen molar-refractivity contribution in [3.63, 3.8) is 0 Å². The molecule has 27 heavy (non-hydrogen) atoms. The van der Waals surface area contributed by atoms with Crippen LogP contribution in [0.25, 0.3) is 6.08 Å². The molecule has 6 heteroatoms. The molecule has 2 aliphatic heterocycles. The lowest BCUT2D eigenvalue weighted by Crippen LogP contribution is -3.13. The minimum absolute atomic E-state index is 0.0586. The largest absolute Gasteiger partial charge is 0.872 e. The van der Waals surface area contributed by atoms with E-state index in [1.165, 1.54) is 11.0 Å². The van der Waals surface area contributed by atoms with Crippen LogP contribution >= 0.6 is 15.9 Å². The molecule has 1 fully saturated rings. The fourth-order valence-corrected chi connectivity index (χ4v) is 3.98. The molecular formula is C21H21BrN2O3.